The molecule has 0 aliphatic carbocycles. The first-order valence-corrected chi connectivity index (χ1v) is 4.66. The molecule has 0 unspecified atom stereocenters. The van der Waals surface area contributed by atoms with Crippen LogP contribution in [-0.2, 0) is 0 Å². The molecule has 4 heteroatoms. The number of hydrogen-bond acceptors (Lipinski definition) is 4. The van der Waals surface area contributed by atoms with E-state index in [0.717, 1.165) is 19.6 Å². The minimum atomic E-state index is 0.0973. The van der Waals surface area contributed by atoms with E-state index >= 15 is 0 Å². The van der Waals surface area contributed by atoms with Crippen molar-refractivity contribution in [1.29, 1.82) is 0 Å². The molecule has 0 radical (unpaired) electrons. The Morgan fingerprint density at radius 1 is 1.54 bits per heavy atom. The zero-order valence-corrected chi connectivity index (χ0v) is 9.04. The van der Waals surface area contributed by atoms with Gasteiger partial charge >= 0.3 is 0 Å². The fraction of sp³-hybridized carbons (Fsp3) is 0.889. The van der Waals surface area contributed by atoms with Crippen LogP contribution in [0.25, 0.3) is 0 Å². The molecular formula is C9H20N4. The van der Waals surface area contributed by atoms with Crippen LogP contribution in [0.2, 0.25) is 0 Å². The number of hydrogen-bond donors (Lipinski definition) is 1. The maximum absolute atomic E-state index is 5.80. The predicted octanol–water partition coefficient (Wildman–Crippen LogP) is -0.0431. The molecule has 13 heavy (non-hydrogen) atoms. The van der Waals surface area contributed by atoms with Gasteiger partial charge in [-0.15, -0.1) is 0 Å². The summed E-state index contributed by atoms with van der Waals surface area (Å²) in [5.74, 6) is 0.687. The summed E-state index contributed by atoms with van der Waals surface area (Å²) < 4.78 is 0. The molecule has 0 aromatic rings. The minimum Gasteiger partial charge on any atom is -0.370 e. The SMILES string of the molecule is CN(C)CCN1C(N)=NCC1(C)C. The Morgan fingerprint density at radius 2 is 2.15 bits per heavy atom. The van der Waals surface area contributed by atoms with Crippen molar-refractivity contribution in [3.05, 3.63) is 0 Å². The Labute approximate surface area is 80.4 Å². The summed E-state index contributed by atoms with van der Waals surface area (Å²) in [6, 6.07) is 0. The first-order valence-electron chi connectivity index (χ1n) is 4.66. The average Bonchev–Trinajstić information content (AvgIpc) is 2.23. The van der Waals surface area contributed by atoms with Crippen molar-refractivity contribution in [3.8, 4) is 0 Å². The second kappa shape index (κ2) is 3.54. The number of rotatable bonds is 3. The third-order valence-corrected chi connectivity index (χ3v) is 2.41. The molecule has 0 saturated heterocycles. The smallest absolute Gasteiger partial charge is 0.191 e. The van der Waals surface area contributed by atoms with Gasteiger partial charge < -0.3 is 15.5 Å². The fourth-order valence-corrected chi connectivity index (χ4v) is 1.47. The van der Waals surface area contributed by atoms with Crippen LogP contribution in [-0.4, -0.2) is 55.0 Å². The van der Waals surface area contributed by atoms with E-state index in [1.807, 2.05) is 0 Å². The van der Waals surface area contributed by atoms with Crippen LogP contribution in [0.5, 0.6) is 0 Å². The number of aliphatic imine (C=N–C) groups is 1. The Hall–Kier alpha value is -0.770. The molecular weight excluding hydrogens is 164 g/mol. The third-order valence-electron chi connectivity index (χ3n) is 2.41. The number of guanidine groups is 1. The van der Waals surface area contributed by atoms with E-state index in [2.05, 4.69) is 42.7 Å². The van der Waals surface area contributed by atoms with Gasteiger partial charge in [0, 0.05) is 13.1 Å². The molecule has 0 spiro atoms. The van der Waals surface area contributed by atoms with Gasteiger partial charge in [0.2, 0.25) is 0 Å². The lowest BCUT2D eigenvalue weighted by atomic mass is 10.1. The summed E-state index contributed by atoms with van der Waals surface area (Å²) in [6.07, 6.45) is 0. The van der Waals surface area contributed by atoms with Crippen LogP contribution >= 0.6 is 0 Å². The van der Waals surface area contributed by atoms with Crippen molar-refractivity contribution in [1.82, 2.24) is 9.80 Å². The standard InChI is InChI=1S/C9H20N4/c1-9(2)7-11-8(10)13(9)6-5-12(3)4/h5-7H2,1-4H3,(H2,10,11). The molecule has 4 nitrogen and oxygen atoms in total. The van der Waals surface area contributed by atoms with Gasteiger partial charge in [0.15, 0.2) is 5.96 Å². The van der Waals surface area contributed by atoms with Crippen LogP contribution in [0, 0.1) is 0 Å². The molecule has 0 fully saturated rings. The molecule has 76 valence electrons. The van der Waals surface area contributed by atoms with E-state index in [1.54, 1.807) is 0 Å². The molecule has 1 aliphatic rings. The van der Waals surface area contributed by atoms with E-state index in [1.165, 1.54) is 0 Å². The van der Waals surface area contributed by atoms with Crippen LogP contribution in [0.4, 0.5) is 0 Å². The second-order valence-corrected chi connectivity index (χ2v) is 4.44. The summed E-state index contributed by atoms with van der Waals surface area (Å²) in [4.78, 5) is 8.58. The zero-order valence-electron chi connectivity index (χ0n) is 9.04. The van der Waals surface area contributed by atoms with E-state index in [9.17, 15) is 0 Å². The lowest BCUT2D eigenvalue weighted by Gasteiger charge is -2.33. The maximum atomic E-state index is 5.80. The van der Waals surface area contributed by atoms with Gasteiger partial charge in [0.25, 0.3) is 0 Å². The number of nitrogens with zero attached hydrogens (tertiary/aromatic N) is 3. The van der Waals surface area contributed by atoms with E-state index in [-0.39, 0.29) is 5.54 Å². The van der Waals surface area contributed by atoms with Crippen LogP contribution in [0.15, 0.2) is 4.99 Å². The summed E-state index contributed by atoms with van der Waals surface area (Å²) in [6.45, 7) is 7.12. The molecule has 0 aromatic heterocycles. The highest BCUT2D eigenvalue weighted by Gasteiger charge is 2.32. The highest BCUT2D eigenvalue weighted by molar-refractivity contribution is 5.80. The molecule has 2 N–H and O–H groups in total. The first kappa shape index (κ1) is 10.3. The van der Waals surface area contributed by atoms with Crippen LogP contribution < -0.4 is 5.73 Å². The lowest BCUT2D eigenvalue weighted by Crippen LogP contribution is -2.49. The summed E-state index contributed by atoms with van der Waals surface area (Å²) in [5.41, 5.74) is 5.90. The van der Waals surface area contributed by atoms with Gasteiger partial charge in [-0.05, 0) is 27.9 Å². The predicted molar refractivity (Wildman–Crippen MR) is 55.8 cm³/mol. The largest absolute Gasteiger partial charge is 0.370 e. The van der Waals surface area contributed by atoms with Gasteiger partial charge in [0.05, 0.1) is 12.1 Å². The molecule has 0 saturated carbocycles. The number of nitrogens with two attached hydrogens (primary N) is 1. The third kappa shape index (κ3) is 2.34. The van der Waals surface area contributed by atoms with E-state index in [4.69, 9.17) is 5.73 Å². The minimum absolute atomic E-state index is 0.0973. The Bertz CT molecular complexity index is 208. The molecule has 0 atom stereocenters. The van der Waals surface area contributed by atoms with Crippen molar-refractivity contribution < 1.29 is 0 Å². The normalized spacial score (nSPS) is 21.0. The van der Waals surface area contributed by atoms with Crippen molar-refractivity contribution in [3.63, 3.8) is 0 Å². The van der Waals surface area contributed by atoms with Crippen LogP contribution in [0.3, 0.4) is 0 Å². The van der Waals surface area contributed by atoms with Gasteiger partial charge in [0.1, 0.15) is 0 Å². The monoisotopic (exact) mass is 184 g/mol. The maximum Gasteiger partial charge on any atom is 0.191 e. The fourth-order valence-electron chi connectivity index (χ4n) is 1.47. The van der Waals surface area contributed by atoms with Crippen molar-refractivity contribution in [2.75, 3.05) is 33.7 Å². The Morgan fingerprint density at radius 3 is 2.54 bits per heavy atom. The second-order valence-electron chi connectivity index (χ2n) is 4.44. The van der Waals surface area contributed by atoms with Gasteiger partial charge in [-0.1, -0.05) is 0 Å². The molecule has 1 rings (SSSR count). The number of likely N-dealkylation sites (N-methyl/N-ethyl adjacent to an activating group) is 1. The molecule has 1 heterocycles. The Kier molecular flexibility index (Phi) is 2.81. The molecule has 0 aromatic carbocycles. The van der Waals surface area contributed by atoms with E-state index < -0.39 is 0 Å². The van der Waals surface area contributed by atoms with Gasteiger partial charge in [-0.2, -0.15) is 0 Å². The van der Waals surface area contributed by atoms with Crippen molar-refractivity contribution in [2.45, 2.75) is 19.4 Å². The van der Waals surface area contributed by atoms with Crippen molar-refractivity contribution >= 4 is 5.96 Å². The lowest BCUT2D eigenvalue weighted by molar-refractivity contribution is 0.222. The molecule has 0 amide bonds. The zero-order chi connectivity index (χ0) is 10.1. The first-order chi connectivity index (χ1) is 5.93. The van der Waals surface area contributed by atoms with Crippen molar-refractivity contribution in [2.24, 2.45) is 10.7 Å². The van der Waals surface area contributed by atoms with E-state index in [0.29, 0.717) is 5.96 Å². The highest BCUT2D eigenvalue weighted by atomic mass is 15.4. The van der Waals surface area contributed by atoms with Gasteiger partial charge in [-0.25, -0.2) is 0 Å². The summed E-state index contributed by atoms with van der Waals surface area (Å²) in [5, 5.41) is 0. The van der Waals surface area contributed by atoms with Crippen LogP contribution in [0.1, 0.15) is 13.8 Å². The summed E-state index contributed by atoms with van der Waals surface area (Å²) in [7, 11) is 4.13. The molecule has 0 bridgehead atoms. The quantitative estimate of drug-likeness (QED) is 0.669. The average molecular weight is 184 g/mol. The van der Waals surface area contributed by atoms with Gasteiger partial charge in [-0.3, -0.25) is 4.99 Å². The highest BCUT2D eigenvalue weighted by Crippen LogP contribution is 2.19. The topological polar surface area (TPSA) is 44.9 Å². The Balaban J connectivity index is 2.51. The summed E-state index contributed by atoms with van der Waals surface area (Å²) >= 11 is 0. The molecule has 1 aliphatic heterocycles.